The number of hydrogen-bond acceptors (Lipinski definition) is 5. The Kier molecular flexibility index (Phi) is 5.75. The van der Waals surface area contributed by atoms with Crippen LogP contribution in [-0.4, -0.2) is 41.4 Å². The largest absolute Gasteiger partial charge is 0.361 e. The van der Waals surface area contributed by atoms with Gasteiger partial charge in [-0.15, -0.1) is 11.8 Å². The van der Waals surface area contributed by atoms with Crippen molar-refractivity contribution in [3.05, 3.63) is 52.7 Å². The van der Waals surface area contributed by atoms with Crippen LogP contribution in [0.1, 0.15) is 28.6 Å². The first-order valence-electron chi connectivity index (χ1n) is 8.31. The number of piperazine rings is 1. The molecule has 1 saturated heterocycles. The molecule has 0 spiro atoms. The molecule has 1 atom stereocenters. The number of carbonyl (C=O) groups excluding carboxylic acids is 1. The summed E-state index contributed by atoms with van der Waals surface area (Å²) >= 11 is 1.56. The predicted octanol–water partition coefficient (Wildman–Crippen LogP) is 2.84. The van der Waals surface area contributed by atoms with Gasteiger partial charge in [-0.25, -0.2) is 4.39 Å². The molecule has 2 aromatic rings. The summed E-state index contributed by atoms with van der Waals surface area (Å²) in [5.41, 5.74) is 2.76. The van der Waals surface area contributed by atoms with Crippen molar-refractivity contribution in [3.8, 4) is 0 Å². The van der Waals surface area contributed by atoms with Crippen LogP contribution in [-0.2, 0) is 10.5 Å². The Hall–Kier alpha value is -1.86. The summed E-state index contributed by atoms with van der Waals surface area (Å²) in [6.07, 6.45) is 0. The lowest BCUT2D eigenvalue weighted by molar-refractivity contribution is -0.131. The summed E-state index contributed by atoms with van der Waals surface area (Å²) in [4.78, 5) is 14.6. The van der Waals surface area contributed by atoms with E-state index in [1.807, 2.05) is 24.8 Å². The number of nitrogens with one attached hydrogen (secondary N) is 1. The minimum absolute atomic E-state index is 0.0764. The summed E-state index contributed by atoms with van der Waals surface area (Å²) in [6.45, 7) is 5.82. The minimum atomic E-state index is -0.275. The van der Waals surface area contributed by atoms with Crippen molar-refractivity contribution in [1.29, 1.82) is 0 Å². The predicted molar refractivity (Wildman–Crippen MR) is 95.9 cm³/mol. The smallest absolute Gasteiger partial charge is 0.233 e. The number of hydrogen-bond donors (Lipinski definition) is 1. The molecule has 25 heavy (non-hydrogen) atoms. The number of thioether (sulfide) groups is 1. The maximum absolute atomic E-state index is 13.5. The topological polar surface area (TPSA) is 58.4 Å². The molecular formula is C18H22FN3O2S. The van der Waals surface area contributed by atoms with E-state index < -0.39 is 0 Å². The van der Waals surface area contributed by atoms with Crippen LogP contribution in [0.5, 0.6) is 0 Å². The number of rotatable bonds is 5. The quantitative estimate of drug-likeness (QED) is 0.885. The number of aromatic nitrogens is 1. The van der Waals surface area contributed by atoms with Crippen molar-refractivity contribution in [1.82, 2.24) is 15.4 Å². The van der Waals surface area contributed by atoms with E-state index in [9.17, 15) is 9.18 Å². The molecule has 0 radical (unpaired) electrons. The summed E-state index contributed by atoms with van der Waals surface area (Å²) < 4.78 is 18.7. The second-order valence-corrected chi connectivity index (χ2v) is 7.14. The number of carbonyl (C=O) groups is 1. The molecule has 0 bridgehead atoms. The van der Waals surface area contributed by atoms with Crippen molar-refractivity contribution < 1.29 is 13.7 Å². The SMILES string of the molecule is Cc1noc(C)c1CSCC(=O)N1CCNCC1c1cccc(F)c1. The molecular weight excluding hydrogens is 341 g/mol. The van der Waals surface area contributed by atoms with Gasteiger partial charge in [0.2, 0.25) is 5.91 Å². The van der Waals surface area contributed by atoms with Gasteiger partial charge in [0.15, 0.2) is 0 Å². The Balaban J connectivity index is 1.63. The minimum Gasteiger partial charge on any atom is -0.361 e. The molecule has 3 rings (SSSR count). The fraction of sp³-hybridized carbons (Fsp3) is 0.444. The zero-order chi connectivity index (χ0) is 17.8. The van der Waals surface area contributed by atoms with Crippen molar-refractivity contribution in [2.45, 2.75) is 25.6 Å². The van der Waals surface area contributed by atoms with Gasteiger partial charge >= 0.3 is 0 Å². The monoisotopic (exact) mass is 363 g/mol. The van der Waals surface area contributed by atoms with Crippen LogP contribution in [0, 0.1) is 19.7 Å². The number of benzene rings is 1. The fourth-order valence-corrected chi connectivity index (χ4v) is 4.10. The van der Waals surface area contributed by atoms with E-state index in [-0.39, 0.29) is 17.8 Å². The number of amides is 1. The van der Waals surface area contributed by atoms with E-state index in [1.54, 1.807) is 17.8 Å². The van der Waals surface area contributed by atoms with E-state index >= 15 is 0 Å². The first-order valence-corrected chi connectivity index (χ1v) is 9.47. The lowest BCUT2D eigenvalue weighted by Crippen LogP contribution is -2.49. The summed E-state index contributed by atoms with van der Waals surface area (Å²) in [5.74, 6) is 1.69. The van der Waals surface area contributed by atoms with Crippen LogP contribution in [0.4, 0.5) is 4.39 Å². The van der Waals surface area contributed by atoms with Gasteiger partial charge in [0, 0.05) is 31.0 Å². The highest BCUT2D eigenvalue weighted by molar-refractivity contribution is 7.99. The Morgan fingerprint density at radius 2 is 2.32 bits per heavy atom. The molecule has 1 aromatic carbocycles. The summed E-state index contributed by atoms with van der Waals surface area (Å²) in [5, 5.41) is 7.22. The van der Waals surface area contributed by atoms with E-state index in [0.717, 1.165) is 29.1 Å². The number of aryl methyl sites for hydroxylation is 2. The zero-order valence-electron chi connectivity index (χ0n) is 14.4. The Morgan fingerprint density at radius 3 is 3.04 bits per heavy atom. The number of halogens is 1. The third-order valence-corrected chi connectivity index (χ3v) is 5.39. The normalized spacial score (nSPS) is 17.7. The van der Waals surface area contributed by atoms with Crippen LogP contribution < -0.4 is 5.32 Å². The highest BCUT2D eigenvalue weighted by Gasteiger charge is 2.28. The van der Waals surface area contributed by atoms with Crippen LogP contribution in [0.25, 0.3) is 0 Å². The third-order valence-electron chi connectivity index (χ3n) is 4.45. The van der Waals surface area contributed by atoms with Crippen molar-refractivity contribution in [2.24, 2.45) is 0 Å². The summed E-state index contributed by atoms with van der Waals surface area (Å²) in [6, 6.07) is 6.36. The van der Waals surface area contributed by atoms with Gasteiger partial charge in [0.05, 0.1) is 17.5 Å². The Labute approximate surface area is 150 Å². The maximum atomic E-state index is 13.5. The molecule has 0 aliphatic carbocycles. The molecule has 1 N–H and O–H groups in total. The standard InChI is InChI=1S/C18H22FN3O2S/c1-12-16(13(2)24-21-12)10-25-11-18(23)22-7-6-20-9-17(22)14-4-3-5-15(19)8-14/h3-5,8,17,20H,6-7,9-11H2,1-2H3. The second-order valence-electron chi connectivity index (χ2n) is 6.16. The lowest BCUT2D eigenvalue weighted by atomic mass is 10.0. The van der Waals surface area contributed by atoms with Crippen molar-refractivity contribution in [3.63, 3.8) is 0 Å². The summed E-state index contributed by atoms with van der Waals surface area (Å²) in [7, 11) is 0. The van der Waals surface area contributed by atoms with E-state index in [1.165, 1.54) is 12.1 Å². The fourth-order valence-electron chi connectivity index (χ4n) is 3.05. The molecule has 1 aliphatic rings. The Bertz CT molecular complexity index is 730. The van der Waals surface area contributed by atoms with Gasteiger partial charge in [0.1, 0.15) is 11.6 Å². The van der Waals surface area contributed by atoms with Gasteiger partial charge in [-0.2, -0.15) is 0 Å². The molecule has 2 heterocycles. The first-order chi connectivity index (χ1) is 12.1. The average Bonchev–Trinajstić information content (AvgIpc) is 2.93. The molecule has 1 fully saturated rings. The van der Waals surface area contributed by atoms with Gasteiger partial charge in [0.25, 0.3) is 0 Å². The van der Waals surface area contributed by atoms with Gasteiger partial charge < -0.3 is 14.7 Å². The highest BCUT2D eigenvalue weighted by Crippen LogP contribution is 2.25. The molecule has 134 valence electrons. The highest BCUT2D eigenvalue weighted by atomic mass is 32.2. The van der Waals surface area contributed by atoms with Crippen LogP contribution in [0.3, 0.4) is 0 Å². The van der Waals surface area contributed by atoms with Crippen molar-refractivity contribution >= 4 is 17.7 Å². The van der Waals surface area contributed by atoms with Gasteiger partial charge in [-0.05, 0) is 31.5 Å². The van der Waals surface area contributed by atoms with Gasteiger partial charge in [-0.1, -0.05) is 17.3 Å². The maximum Gasteiger partial charge on any atom is 0.233 e. The molecule has 0 saturated carbocycles. The van der Waals surface area contributed by atoms with Crippen LogP contribution >= 0.6 is 11.8 Å². The molecule has 5 nitrogen and oxygen atoms in total. The molecule has 7 heteroatoms. The van der Waals surface area contributed by atoms with Crippen molar-refractivity contribution in [2.75, 3.05) is 25.4 Å². The molecule has 1 unspecified atom stereocenters. The van der Waals surface area contributed by atoms with E-state index in [0.29, 0.717) is 24.6 Å². The number of nitrogens with zero attached hydrogens (tertiary/aromatic N) is 2. The van der Waals surface area contributed by atoms with Crippen LogP contribution in [0.2, 0.25) is 0 Å². The third kappa shape index (κ3) is 4.22. The van der Waals surface area contributed by atoms with Crippen LogP contribution in [0.15, 0.2) is 28.8 Å². The lowest BCUT2D eigenvalue weighted by Gasteiger charge is -2.36. The molecule has 1 amide bonds. The van der Waals surface area contributed by atoms with Gasteiger partial charge in [-0.3, -0.25) is 4.79 Å². The molecule has 1 aromatic heterocycles. The Morgan fingerprint density at radius 1 is 1.48 bits per heavy atom. The first kappa shape index (κ1) is 17.9. The average molecular weight is 363 g/mol. The van der Waals surface area contributed by atoms with E-state index in [2.05, 4.69) is 10.5 Å². The zero-order valence-corrected chi connectivity index (χ0v) is 15.2. The molecule has 1 aliphatic heterocycles. The second kappa shape index (κ2) is 8.01. The van der Waals surface area contributed by atoms with E-state index in [4.69, 9.17) is 4.52 Å².